The summed E-state index contributed by atoms with van der Waals surface area (Å²) in [5.74, 6) is 0.388. The first-order valence-electron chi connectivity index (χ1n) is 14.0. The molecule has 12 nitrogen and oxygen atoms in total. The van der Waals surface area contributed by atoms with E-state index in [0.717, 1.165) is 25.7 Å². The SMILES string of the molecule is CC(C)(C)[C@H](NC(=O)[C@H](CC1CCCC1)CN(O)C=O)C(=O)N1CCN(C(=O)Nc2ccc3c(c2)OCO3)CC1. The van der Waals surface area contributed by atoms with E-state index in [1.165, 1.54) is 0 Å². The number of rotatable bonds is 9. The Morgan fingerprint density at radius 2 is 1.73 bits per heavy atom. The molecule has 0 spiro atoms. The molecule has 40 heavy (non-hydrogen) atoms. The zero-order valence-electron chi connectivity index (χ0n) is 23.6. The fraction of sp³-hybridized carbons (Fsp3) is 0.643. The van der Waals surface area contributed by atoms with Crippen LogP contribution in [0.2, 0.25) is 0 Å². The first kappa shape index (κ1) is 29.4. The summed E-state index contributed by atoms with van der Waals surface area (Å²) in [4.78, 5) is 54.3. The normalized spacial score (nSPS) is 18.7. The Balaban J connectivity index is 1.34. The molecule has 12 heteroatoms. The van der Waals surface area contributed by atoms with Crippen molar-refractivity contribution in [2.24, 2.45) is 17.3 Å². The summed E-state index contributed by atoms with van der Waals surface area (Å²) in [5.41, 5.74) is 0.00803. The number of hydrogen-bond donors (Lipinski definition) is 3. The van der Waals surface area contributed by atoms with Crippen LogP contribution in [0.15, 0.2) is 18.2 Å². The van der Waals surface area contributed by atoms with Gasteiger partial charge in [0.05, 0.1) is 12.5 Å². The monoisotopic (exact) mass is 559 g/mol. The molecule has 1 aromatic rings. The number of amides is 5. The Kier molecular flexibility index (Phi) is 9.39. The second-order valence-electron chi connectivity index (χ2n) is 11.9. The molecule has 1 saturated heterocycles. The molecular weight excluding hydrogens is 518 g/mol. The lowest BCUT2D eigenvalue weighted by Crippen LogP contribution is -2.60. The van der Waals surface area contributed by atoms with Crippen molar-refractivity contribution in [1.82, 2.24) is 20.2 Å². The van der Waals surface area contributed by atoms with Crippen molar-refractivity contribution >= 4 is 29.9 Å². The Morgan fingerprint density at radius 3 is 2.38 bits per heavy atom. The van der Waals surface area contributed by atoms with Gasteiger partial charge in [-0.05, 0) is 29.9 Å². The Labute approximate surface area is 234 Å². The third-order valence-corrected chi connectivity index (χ3v) is 7.89. The molecule has 3 N–H and O–H groups in total. The summed E-state index contributed by atoms with van der Waals surface area (Å²) in [5, 5.41) is 16.1. The van der Waals surface area contributed by atoms with Crippen molar-refractivity contribution in [3.05, 3.63) is 18.2 Å². The van der Waals surface area contributed by atoms with Crippen LogP contribution in [0.1, 0.15) is 52.9 Å². The van der Waals surface area contributed by atoms with Crippen molar-refractivity contribution < 1.29 is 33.9 Å². The molecular formula is C28H41N5O7. The number of hydrogen-bond acceptors (Lipinski definition) is 7. The van der Waals surface area contributed by atoms with Crippen LogP contribution in [0.3, 0.4) is 0 Å². The number of carbonyl (C=O) groups excluding carboxylic acids is 4. The summed E-state index contributed by atoms with van der Waals surface area (Å²) in [6.07, 6.45) is 5.11. The molecule has 2 fully saturated rings. The van der Waals surface area contributed by atoms with E-state index in [9.17, 15) is 24.4 Å². The highest BCUT2D eigenvalue weighted by molar-refractivity contribution is 5.91. The van der Waals surface area contributed by atoms with Crippen LogP contribution in [0, 0.1) is 17.3 Å². The van der Waals surface area contributed by atoms with E-state index in [1.807, 2.05) is 20.8 Å². The second kappa shape index (κ2) is 12.8. The molecule has 1 saturated carbocycles. The lowest BCUT2D eigenvalue weighted by atomic mass is 9.84. The van der Waals surface area contributed by atoms with Crippen molar-refractivity contribution in [2.45, 2.75) is 58.9 Å². The third-order valence-electron chi connectivity index (χ3n) is 7.89. The van der Waals surface area contributed by atoms with Crippen LogP contribution in [0.4, 0.5) is 10.5 Å². The number of fused-ring (bicyclic) bond motifs is 1. The Hall–Kier alpha value is -3.54. The van der Waals surface area contributed by atoms with E-state index in [2.05, 4.69) is 10.6 Å². The standard InChI is InChI=1S/C28H41N5O7/c1-28(2,3)24(30-25(35)20(16-33(38)17-34)14-19-6-4-5-7-19)26(36)31-10-12-32(13-11-31)27(37)29-21-8-9-22-23(15-21)40-18-39-22/h8-9,15,17,19-20,24,38H,4-7,10-14,16,18H2,1-3H3,(H,29,37)(H,30,35)/t20-,24-/m1/s1. The Morgan fingerprint density at radius 1 is 1.07 bits per heavy atom. The van der Waals surface area contributed by atoms with Crippen LogP contribution < -0.4 is 20.1 Å². The summed E-state index contributed by atoms with van der Waals surface area (Å²) in [7, 11) is 0. The zero-order valence-corrected chi connectivity index (χ0v) is 23.6. The maximum atomic E-state index is 13.7. The van der Waals surface area contributed by atoms with Gasteiger partial charge in [0.1, 0.15) is 6.04 Å². The molecule has 220 valence electrons. The average molecular weight is 560 g/mol. The van der Waals surface area contributed by atoms with Gasteiger partial charge in [0, 0.05) is 37.9 Å². The summed E-state index contributed by atoms with van der Waals surface area (Å²) < 4.78 is 10.7. The molecule has 2 atom stereocenters. The minimum atomic E-state index is -0.802. The number of piperazine rings is 1. The van der Waals surface area contributed by atoms with E-state index in [-0.39, 0.29) is 31.2 Å². The lowest BCUT2D eigenvalue weighted by molar-refractivity contribution is -0.156. The van der Waals surface area contributed by atoms with Gasteiger partial charge in [0.25, 0.3) is 0 Å². The summed E-state index contributed by atoms with van der Waals surface area (Å²) in [6.45, 7) is 7.05. The zero-order chi connectivity index (χ0) is 28.9. The summed E-state index contributed by atoms with van der Waals surface area (Å²) in [6, 6.07) is 4.12. The van der Waals surface area contributed by atoms with E-state index < -0.39 is 17.4 Å². The smallest absolute Gasteiger partial charge is 0.321 e. The van der Waals surface area contributed by atoms with Crippen LogP contribution in [0.25, 0.3) is 0 Å². The van der Waals surface area contributed by atoms with E-state index in [4.69, 9.17) is 9.47 Å². The molecule has 0 radical (unpaired) electrons. The first-order chi connectivity index (χ1) is 19.0. The largest absolute Gasteiger partial charge is 0.454 e. The number of nitrogens with zero attached hydrogens (tertiary/aromatic N) is 3. The minimum absolute atomic E-state index is 0.117. The second-order valence-corrected chi connectivity index (χ2v) is 11.9. The minimum Gasteiger partial charge on any atom is -0.454 e. The topological polar surface area (TPSA) is 141 Å². The first-order valence-corrected chi connectivity index (χ1v) is 14.0. The predicted octanol–water partition coefficient (Wildman–Crippen LogP) is 2.67. The highest BCUT2D eigenvalue weighted by Gasteiger charge is 2.39. The van der Waals surface area contributed by atoms with Gasteiger partial charge in [-0.15, -0.1) is 0 Å². The molecule has 0 aromatic heterocycles. The van der Waals surface area contributed by atoms with Gasteiger partial charge in [-0.3, -0.25) is 19.6 Å². The van der Waals surface area contributed by atoms with Crippen molar-refractivity contribution in [1.29, 1.82) is 0 Å². The fourth-order valence-corrected chi connectivity index (χ4v) is 5.58. The lowest BCUT2D eigenvalue weighted by Gasteiger charge is -2.40. The number of ether oxygens (including phenoxy) is 2. The van der Waals surface area contributed by atoms with Gasteiger partial charge in [0.15, 0.2) is 11.5 Å². The third kappa shape index (κ3) is 7.35. The average Bonchev–Trinajstić information content (AvgIpc) is 3.62. The van der Waals surface area contributed by atoms with E-state index >= 15 is 0 Å². The fourth-order valence-electron chi connectivity index (χ4n) is 5.58. The van der Waals surface area contributed by atoms with E-state index in [0.29, 0.717) is 67.2 Å². The highest BCUT2D eigenvalue weighted by atomic mass is 16.7. The van der Waals surface area contributed by atoms with E-state index in [1.54, 1.807) is 28.0 Å². The molecule has 1 aromatic carbocycles. The number of anilines is 1. The van der Waals surface area contributed by atoms with Gasteiger partial charge < -0.3 is 29.9 Å². The van der Waals surface area contributed by atoms with Gasteiger partial charge in [-0.1, -0.05) is 46.5 Å². The van der Waals surface area contributed by atoms with Gasteiger partial charge in [-0.25, -0.2) is 9.86 Å². The van der Waals surface area contributed by atoms with Crippen LogP contribution in [0.5, 0.6) is 11.5 Å². The van der Waals surface area contributed by atoms with Gasteiger partial charge >= 0.3 is 6.03 Å². The van der Waals surface area contributed by atoms with Crippen molar-refractivity contribution in [3.8, 4) is 11.5 Å². The number of urea groups is 1. The molecule has 1 aliphatic carbocycles. The molecule has 0 unspecified atom stereocenters. The van der Waals surface area contributed by atoms with Crippen LogP contribution in [-0.4, -0.2) is 89.9 Å². The predicted molar refractivity (Wildman–Crippen MR) is 146 cm³/mol. The molecule has 2 heterocycles. The van der Waals surface area contributed by atoms with Crippen LogP contribution in [-0.2, 0) is 14.4 Å². The van der Waals surface area contributed by atoms with Crippen LogP contribution >= 0.6 is 0 Å². The Bertz CT molecular complexity index is 1080. The number of benzene rings is 1. The maximum Gasteiger partial charge on any atom is 0.321 e. The number of nitrogens with one attached hydrogen (secondary N) is 2. The molecule has 3 aliphatic rings. The summed E-state index contributed by atoms with van der Waals surface area (Å²) >= 11 is 0. The quantitative estimate of drug-likeness (QED) is 0.240. The van der Waals surface area contributed by atoms with Crippen molar-refractivity contribution in [2.75, 3.05) is 44.8 Å². The maximum absolute atomic E-state index is 13.7. The molecule has 0 bridgehead atoms. The van der Waals surface area contributed by atoms with Gasteiger partial charge in [0.2, 0.25) is 25.0 Å². The molecule has 2 aliphatic heterocycles. The number of carbonyl (C=O) groups is 4. The van der Waals surface area contributed by atoms with Gasteiger partial charge in [-0.2, -0.15) is 0 Å². The highest BCUT2D eigenvalue weighted by Crippen LogP contribution is 2.34. The molecule has 4 rings (SSSR count). The number of hydroxylamine groups is 2. The molecule has 5 amide bonds. The van der Waals surface area contributed by atoms with Crippen molar-refractivity contribution in [3.63, 3.8) is 0 Å².